The van der Waals surface area contributed by atoms with E-state index >= 15 is 0 Å². The quantitative estimate of drug-likeness (QED) is 0.207. The summed E-state index contributed by atoms with van der Waals surface area (Å²) in [7, 11) is 1.26. The van der Waals surface area contributed by atoms with Crippen molar-refractivity contribution < 1.29 is 23.9 Å². The van der Waals surface area contributed by atoms with Gasteiger partial charge in [0.25, 0.3) is 0 Å². The van der Waals surface area contributed by atoms with Crippen molar-refractivity contribution >= 4 is 34.5 Å². The molecule has 2 aromatic heterocycles. The highest BCUT2D eigenvalue weighted by molar-refractivity contribution is 5.96. The molecule has 0 saturated carbocycles. The molecule has 0 aliphatic carbocycles. The Morgan fingerprint density at radius 2 is 1.58 bits per heavy atom. The van der Waals surface area contributed by atoms with Crippen LogP contribution in [0.3, 0.4) is 0 Å². The van der Waals surface area contributed by atoms with Crippen molar-refractivity contribution in [1.82, 2.24) is 30.1 Å². The summed E-state index contributed by atoms with van der Waals surface area (Å²) in [4.78, 5) is 68.0. The van der Waals surface area contributed by atoms with Crippen molar-refractivity contribution in [3.8, 4) is 22.4 Å². The number of Topliss-reactive ketones (excluding diaryl/α,β-unsaturated/α-hetero) is 1. The van der Waals surface area contributed by atoms with Crippen LogP contribution in [0.15, 0.2) is 60.9 Å². The van der Waals surface area contributed by atoms with Gasteiger partial charge in [0.1, 0.15) is 11.9 Å². The number of aromatic amines is 1. The third-order valence-corrected chi connectivity index (χ3v) is 9.96. The van der Waals surface area contributed by atoms with E-state index < -0.39 is 18.2 Å². The predicted molar refractivity (Wildman–Crippen MR) is 191 cm³/mol. The maximum Gasteiger partial charge on any atom is 0.407 e. The second-order valence-corrected chi connectivity index (χ2v) is 14.0. The molecular weight excluding hydrogens is 632 g/mol. The van der Waals surface area contributed by atoms with E-state index in [0.29, 0.717) is 18.7 Å². The molecule has 2 aromatic carbocycles. The van der Waals surface area contributed by atoms with Gasteiger partial charge >= 0.3 is 6.09 Å². The number of hydrogen-bond donors (Lipinski definition) is 2. The lowest BCUT2D eigenvalue weighted by molar-refractivity contribution is -0.139. The van der Waals surface area contributed by atoms with E-state index in [1.54, 1.807) is 11.1 Å². The lowest BCUT2D eigenvalue weighted by Gasteiger charge is -2.30. The molecule has 2 aliphatic heterocycles. The van der Waals surface area contributed by atoms with Crippen LogP contribution in [0.4, 0.5) is 4.79 Å². The van der Waals surface area contributed by atoms with Crippen LogP contribution in [0.1, 0.15) is 70.9 Å². The Bertz CT molecular complexity index is 1880. The van der Waals surface area contributed by atoms with Crippen LogP contribution < -0.4 is 5.32 Å². The van der Waals surface area contributed by atoms with E-state index in [4.69, 9.17) is 4.74 Å². The Kier molecular flexibility index (Phi) is 10.3. The van der Waals surface area contributed by atoms with Crippen molar-refractivity contribution in [2.75, 3.05) is 20.2 Å². The molecular formula is C39H46N6O5. The third kappa shape index (κ3) is 7.13. The largest absolute Gasteiger partial charge is 0.453 e. The first-order chi connectivity index (χ1) is 24.0. The highest BCUT2D eigenvalue weighted by atomic mass is 16.5. The van der Waals surface area contributed by atoms with E-state index in [9.17, 15) is 19.2 Å². The Hall–Kier alpha value is -5.06. The molecule has 2 saturated heterocycles. The van der Waals surface area contributed by atoms with Gasteiger partial charge in [-0.05, 0) is 65.8 Å². The van der Waals surface area contributed by atoms with Gasteiger partial charge in [0.15, 0.2) is 5.78 Å². The molecule has 50 heavy (non-hydrogen) atoms. The summed E-state index contributed by atoms with van der Waals surface area (Å²) < 4.78 is 4.72. The van der Waals surface area contributed by atoms with E-state index in [1.807, 2.05) is 57.0 Å². The van der Waals surface area contributed by atoms with Crippen LogP contribution in [0, 0.1) is 11.8 Å². The number of hydrogen-bond acceptors (Lipinski definition) is 7. The second kappa shape index (κ2) is 14.8. The maximum absolute atomic E-state index is 13.7. The highest BCUT2D eigenvalue weighted by Gasteiger charge is 2.39. The number of H-pyrrole nitrogens is 1. The second-order valence-electron chi connectivity index (χ2n) is 14.0. The van der Waals surface area contributed by atoms with Crippen molar-refractivity contribution in [2.45, 2.75) is 77.9 Å². The van der Waals surface area contributed by atoms with E-state index in [1.165, 1.54) is 7.11 Å². The number of pyridine rings is 1. The number of carbonyl (C=O) groups is 4. The smallest absolute Gasteiger partial charge is 0.407 e. The number of nitrogens with one attached hydrogen (secondary N) is 2. The molecule has 11 heteroatoms. The predicted octanol–water partition coefficient (Wildman–Crippen LogP) is 6.09. The minimum Gasteiger partial charge on any atom is -0.453 e. The Morgan fingerprint density at radius 1 is 0.880 bits per heavy atom. The number of benzene rings is 2. The zero-order valence-corrected chi connectivity index (χ0v) is 29.4. The summed E-state index contributed by atoms with van der Waals surface area (Å²) in [6.07, 6.45) is 6.18. The van der Waals surface area contributed by atoms with Crippen molar-refractivity contribution in [2.24, 2.45) is 11.8 Å². The summed E-state index contributed by atoms with van der Waals surface area (Å²) in [6, 6.07) is 15.0. The van der Waals surface area contributed by atoms with Gasteiger partial charge in [-0.3, -0.25) is 19.4 Å². The number of aromatic nitrogens is 3. The molecule has 0 spiro atoms. The number of fused-ring (bicyclic) bond motifs is 1. The number of amides is 3. The van der Waals surface area contributed by atoms with Gasteiger partial charge in [-0.2, -0.15) is 0 Å². The van der Waals surface area contributed by atoms with Gasteiger partial charge in [0.05, 0.1) is 43.2 Å². The van der Waals surface area contributed by atoms with Crippen LogP contribution in [-0.2, 0) is 25.5 Å². The Labute approximate surface area is 292 Å². The van der Waals surface area contributed by atoms with E-state index in [2.05, 4.69) is 50.6 Å². The number of imidazole rings is 1. The van der Waals surface area contributed by atoms with Gasteiger partial charge in [0.2, 0.25) is 11.8 Å². The average molecular weight is 679 g/mol. The van der Waals surface area contributed by atoms with Gasteiger partial charge in [-0.25, -0.2) is 9.78 Å². The first-order valence-corrected chi connectivity index (χ1v) is 17.6. The maximum atomic E-state index is 13.7. The molecule has 4 aromatic rings. The first-order valence-electron chi connectivity index (χ1n) is 17.6. The molecule has 262 valence electrons. The first kappa shape index (κ1) is 34.8. The zero-order valence-electron chi connectivity index (χ0n) is 29.4. The number of methoxy groups -OCH3 is 1. The SMILES string of the molecule is COC(=O)N[C@H](C(=O)N1CCC[C@H]1C(=O)Cc1nccc2cc(-c3ccc(-c4cnc(C5CCCN5C(=O)C(C)C)[nH]4)cc3)ccc12)C(C)C. The standard InChI is InChI=1S/C39H46N6O5/c1-23(2)35(43-39(49)50-5)38(48)44-18-6-8-32(44)34(46)21-30-29-15-14-27(20-28(29)16-17-40-30)25-10-12-26(13-11-25)31-22-41-36(42-31)33-9-7-19-45(33)37(47)24(3)4/h10-17,20,22-24,32-33,35H,6-9,18-19,21H2,1-5H3,(H,41,42)(H,43,49)/t32-,33?,35-/m0/s1. The highest BCUT2D eigenvalue weighted by Crippen LogP contribution is 2.34. The number of alkyl carbamates (subject to hydrolysis) is 1. The summed E-state index contributed by atoms with van der Waals surface area (Å²) in [6.45, 7) is 8.81. The van der Waals surface area contributed by atoms with Gasteiger partial charge < -0.3 is 24.8 Å². The van der Waals surface area contributed by atoms with E-state index in [-0.39, 0.29) is 41.9 Å². The fraction of sp³-hybridized carbons (Fsp3) is 0.436. The molecule has 3 atom stereocenters. The monoisotopic (exact) mass is 678 g/mol. The topological polar surface area (TPSA) is 138 Å². The molecule has 6 rings (SSSR count). The Morgan fingerprint density at radius 3 is 2.30 bits per heavy atom. The van der Waals surface area contributed by atoms with Crippen molar-refractivity contribution in [3.05, 3.63) is 72.4 Å². The molecule has 3 amide bonds. The Balaban J connectivity index is 1.15. The molecule has 1 unspecified atom stereocenters. The van der Waals surface area contributed by atoms with Crippen LogP contribution >= 0.6 is 0 Å². The molecule has 11 nitrogen and oxygen atoms in total. The number of carbonyl (C=O) groups excluding carboxylic acids is 4. The fourth-order valence-corrected chi connectivity index (χ4v) is 7.23. The van der Waals surface area contributed by atoms with Crippen LogP contribution in [0.25, 0.3) is 33.2 Å². The summed E-state index contributed by atoms with van der Waals surface area (Å²) in [5.74, 6) is 0.449. The molecule has 2 fully saturated rings. The van der Waals surface area contributed by atoms with Crippen molar-refractivity contribution in [3.63, 3.8) is 0 Å². The zero-order chi connectivity index (χ0) is 35.5. The average Bonchev–Trinajstić information content (AvgIpc) is 3.91. The molecule has 2 aliphatic rings. The number of ether oxygens (including phenoxy) is 1. The molecule has 2 N–H and O–H groups in total. The normalized spacial score (nSPS) is 18.2. The third-order valence-electron chi connectivity index (χ3n) is 9.96. The van der Waals surface area contributed by atoms with Crippen LogP contribution in [0.5, 0.6) is 0 Å². The van der Waals surface area contributed by atoms with Gasteiger partial charge in [-0.15, -0.1) is 0 Å². The minimum atomic E-state index is -0.777. The number of likely N-dealkylation sites (tertiary alicyclic amines) is 2. The van der Waals surface area contributed by atoms with Crippen LogP contribution in [-0.4, -0.2) is 80.7 Å². The minimum absolute atomic E-state index is 0.0163. The van der Waals surface area contributed by atoms with E-state index in [0.717, 1.165) is 64.8 Å². The fourth-order valence-electron chi connectivity index (χ4n) is 7.23. The lowest BCUT2D eigenvalue weighted by atomic mass is 9.97. The van der Waals surface area contributed by atoms with Gasteiger partial charge in [-0.1, -0.05) is 64.1 Å². The molecule has 4 heterocycles. The summed E-state index contributed by atoms with van der Waals surface area (Å²) >= 11 is 0. The molecule has 0 bridgehead atoms. The number of nitrogens with zero attached hydrogens (tertiary/aromatic N) is 4. The van der Waals surface area contributed by atoms with Crippen molar-refractivity contribution in [1.29, 1.82) is 0 Å². The lowest BCUT2D eigenvalue weighted by Crippen LogP contribution is -2.54. The summed E-state index contributed by atoms with van der Waals surface area (Å²) in [5, 5.41) is 4.50. The van der Waals surface area contributed by atoms with Crippen LogP contribution in [0.2, 0.25) is 0 Å². The molecule has 0 radical (unpaired) electrons. The number of ketones is 1. The summed E-state index contributed by atoms with van der Waals surface area (Å²) in [5.41, 5.74) is 4.69. The number of rotatable bonds is 10. The van der Waals surface area contributed by atoms with Gasteiger partial charge in [0, 0.05) is 30.6 Å².